The van der Waals surface area contributed by atoms with Crippen LogP contribution in [0.2, 0.25) is 0 Å². The van der Waals surface area contributed by atoms with E-state index in [1.165, 1.54) is 6.08 Å². The van der Waals surface area contributed by atoms with Crippen molar-refractivity contribution in [3.05, 3.63) is 36.4 Å². The molecule has 1 atom stereocenters. The van der Waals surface area contributed by atoms with Gasteiger partial charge in [0.25, 0.3) is 0 Å². The Morgan fingerprint density at radius 2 is 1.94 bits per heavy atom. The van der Waals surface area contributed by atoms with Gasteiger partial charge in [0.1, 0.15) is 18.1 Å². The van der Waals surface area contributed by atoms with E-state index in [0.29, 0.717) is 6.61 Å². The highest BCUT2D eigenvalue weighted by Gasteiger charge is 2.16. The van der Waals surface area contributed by atoms with Crippen LogP contribution in [0.5, 0.6) is 11.5 Å². The summed E-state index contributed by atoms with van der Waals surface area (Å²) in [6.45, 7) is 0.328. The zero-order valence-electron chi connectivity index (χ0n) is 8.88. The Balaban J connectivity index is 1.85. The minimum absolute atomic E-state index is 0.283. The molecule has 0 amide bonds. The highest BCUT2D eigenvalue weighted by atomic mass is 16.6. The first-order valence-electron chi connectivity index (χ1n) is 4.93. The van der Waals surface area contributed by atoms with Crippen molar-refractivity contribution in [2.24, 2.45) is 0 Å². The molecule has 1 aromatic rings. The third-order valence-electron chi connectivity index (χ3n) is 2.19. The number of hydrogen-bond acceptors (Lipinski definition) is 4. The summed E-state index contributed by atoms with van der Waals surface area (Å²) in [7, 11) is 1.61. The van der Waals surface area contributed by atoms with E-state index in [9.17, 15) is 4.79 Å². The van der Waals surface area contributed by atoms with Gasteiger partial charge in [0.2, 0.25) is 0 Å². The summed E-state index contributed by atoms with van der Waals surface area (Å²) in [4.78, 5) is 10.8. The van der Waals surface area contributed by atoms with Crippen LogP contribution in [0.15, 0.2) is 36.4 Å². The number of cyclic esters (lactones) is 1. The molecule has 0 fully saturated rings. The Morgan fingerprint density at radius 1 is 1.25 bits per heavy atom. The zero-order chi connectivity index (χ0) is 11.4. The summed E-state index contributed by atoms with van der Waals surface area (Å²) in [6.07, 6.45) is 2.81. The minimum atomic E-state index is -0.316. The van der Waals surface area contributed by atoms with E-state index in [2.05, 4.69) is 0 Å². The number of rotatable bonds is 4. The van der Waals surface area contributed by atoms with Crippen molar-refractivity contribution in [2.75, 3.05) is 13.7 Å². The Hall–Kier alpha value is -1.97. The number of esters is 1. The van der Waals surface area contributed by atoms with Crippen LogP contribution in [0.3, 0.4) is 0 Å². The molecule has 0 radical (unpaired) electrons. The molecule has 1 aromatic carbocycles. The second kappa shape index (κ2) is 4.70. The highest BCUT2D eigenvalue weighted by Crippen LogP contribution is 2.17. The molecule has 0 spiro atoms. The molecule has 2 rings (SSSR count). The van der Waals surface area contributed by atoms with Gasteiger partial charge < -0.3 is 14.2 Å². The lowest BCUT2D eigenvalue weighted by atomic mass is 10.3. The number of carbonyl (C=O) groups excluding carboxylic acids is 1. The molecule has 0 aromatic heterocycles. The van der Waals surface area contributed by atoms with Crippen LogP contribution in [0, 0.1) is 0 Å². The third-order valence-corrected chi connectivity index (χ3v) is 2.19. The average molecular weight is 220 g/mol. The summed E-state index contributed by atoms with van der Waals surface area (Å²) in [6, 6.07) is 7.23. The standard InChI is InChI=1S/C12H12O4/c1-14-9-2-4-10(5-3-9)15-8-11-6-7-12(13)16-11/h2-7,11H,8H2,1H3/t11-/m1/s1. The Labute approximate surface area is 93.4 Å². The molecule has 0 N–H and O–H groups in total. The Morgan fingerprint density at radius 3 is 2.50 bits per heavy atom. The predicted octanol–water partition coefficient (Wildman–Crippen LogP) is 1.56. The average Bonchev–Trinajstić information content (AvgIpc) is 2.73. The first-order valence-corrected chi connectivity index (χ1v) is 4.93. The van der Waals surface area contributed by atoms with Gasteiger partial charge in [0.05, 0.1) is 7.11 Å². The lowest BCUT2D eigenvalue weighted by Gasteiger charge is -2.10. The molecule has 0 saturated carbocycles. The van der Waals surface area contributed by atoms with Gasteiger partial charge in [-0.1, -0.05) is 0 Å². The molecule has 84 valence electrons. The Kier molecular flexibility index (Phi) is 3.10. The summed E-state index contributed by atoms with van der Waals surface area (Å²) in [5.74, 6) is 1.18. The molecule has 0 aliphatic carbocycles. The topological polar surface area (TPSA) is 44.8 Å². The van der Waals surface area contributed by atoms with Gasteiger partial charge in [-0.15, -0.1) is 0 Å². The van der Waals surface area contributed by atoms with Crippen molar-refractivity contribution in [3.8, 4) is 11.5 Å². The van der Waals surface area contributed by atoms with Crippen LogP contribution >= 0.6 is 0 Å². The summed E-state index contributed by atoms with van der Waals surface area (Å²) >= 11 is 0. The van der Waals surface area contributed by atoms with Crippen molar-refractivity contribution in [1.29, 1.82) is 0 Å². The number of carbonyl (C=O) groups is 1. The molecule has 1 aliphatic heterocycles. The van der Waals surface area contributed by atoms with Crippen LogP contribution in [0.1, 0.15) is 0 Å². The van der Waals surface area contributed by atoms with Crippen LogP contribution in [-0.2, 0) is 9.53 Å². The van der Waals surface area contributed by atoms with Crippen molar-refractivity contribution in [2.45, 2.75) is 6.10 Å². The molecular formula is C12H12O4. The Bertz CT molecular complexity index is 394. The SMILES string of the molecule is COc1ccc(OC[C@H]2C=CC(=O)O2)cc1. The molecule has 0 saturated heterocycles. The van der Waals surface area contributed by atoms with Gasteiger partial charge in [-0.2, -0.15) is 0 Å². The van der Waals surface area contributed by atoms with Crippen molar-refractivity contribution in [1.82, 2.24) is 0 Å². The molecular weight excluding hydrogens is 208 g/mol. The summed E-state index contributed by atoms with van der Waals surface area (Å²) < 4.78 is 15.4. The molecule has 1 aliphatic rings. The number of benzene rings is 1. The van der Waals surface area contributed by atoms with Crippen molar-refractivity contribution in [3.63, 3.8) is 0 Å². The predicted molar refractivity (Wildman–Crippen MR) is 57.5 cm³/mol. The molecule has 16 heavy (non-hydrogen) atoms. The van der Waals surface area contributed by atoms with Crippen LogP contribution < -0.4 is 9.47 Å². The van der Waals surface area contributed by atoms with Gasteiger partial charge >= 0.3 is 5.97 Å². The quantitative estimate of drug-likeness (QED) is 0.722. The first-order chi connectivity index (χ1) is 7.78. The third kappa shape index (κ3) is 2.53. The summed E-state index contributed by atoms with van der Waals surface area (Å²) in [5.41, 5.74) is 0. The zero-order valence-corrected chi connectivity index (χ0v) is 8.88. The second-order valence-corrected chi connectivity index (χ2v) is 3.32. The van der Waals surface area contributed by atoms with Crippen LogP contribution in [0.25, 0.3) is 0 Å². The molecule has 4 nitrogen and oxygen atoms in total. The van der Waals surface area contributed by atoms with Gasteiger partial charge in [-0.3, -0.25) is 0 Å². The molecule has 4 heteroatoms. The van der Waals surface area contributed by atoms with Gasteiger partial charge in [-0.25, -0.2) is 4.79 Å². The van der Waals surface area contributed by atoms with E-state index >= 15 is 0 Å². The van der Waals surface area contributed by atoms with Crippen molar-refractivity contribution >= 4 is 5.97 Å². The lowest BCUT2D eigenvalue weighted by molar-refractivity contribution is -0.139. The minimum Gasteiger partial charge on any atom is -0.497 e. The van der Waals surface area contributed by atoms with E-state index < -0.39 is 0 Å². The smallest absolute Gasteiger partial charge is 0.331 e. The lowest BCUT2D eigenvalue weighted by Crippen LogP contribution is -2.17. The van der Waals surface area contributed by atoms with Crippen molar-refractivity contribution < 1.29 is 19.0 Å². The van der Waals surface area contributed by atoms with E-state index in [1.807, 2.05) is 12.1 Å². The molecule has 0 unspecified atom stereocenters. The summed E-state index contributed by atoms with van der Waals surface area (Å²) in [5, 5.41) is 0. The second-order valence-electron chi connectivity index (χ2n) is 3.32. The van der Waals surface area contributed by atoms with E-state index in [-0.39, 0.29) is 12.1 Å². The monoisotopic (exact) mass is 220 g/mol. The maximum absolute atomic E-state index is 10.8. The fourth-order valence-electron chi connectivity index (χ4n) is 1.35. The highest BCUT2D eigenvalue weighted by molar-refractivity contribution is 5.84. The van der Waals surface area contributed by atoms with E-state index in [0.717, 1.165) is 11.5 Å². The van der Waals surface area contributed by atoms with E-state index in [4.69, 9.17) is 14.2 Å². The normalized spacial score (nSPS) is 18.3. The fourth-order valence-corrected chi connectivity index (χ4v) is 1.35. The fraction of sp³-hybridized carbons (Fsp3) is 0.250. The number of ether oxygens (including phenoxy) is 3. The van der Waals surface area contributed by atoms with Gasteiger partial charge in [0.15, 0.2) is 6.10 Å². The van der Waals surface area contributed by atoms with Gasteiger partial charge in [0, 0.05) is 6.08 Å². The maximum Gasteiger partial charge on any atom is 0.331 e. The maximum atomic E-state index is 10.8. The molecule has 1 heterocycles. The van der Waals surface area contributed by atoms with Crippen LogP contribution in [-0.4, -0.2) is 25.8 Å². The first kappa shape index (κ1) is 10.5. The van der Waals surface area contributed by atoms with E-state index in [1.54, 1.807) is 25.3 Å². The largest absolute Gasteiger partial charge is 0.497 e. The number of hydrogen-bond donors (Lipinski definition) is 0. The van der Waals surface area contributed by atoms with Crippen LogP contribution in [0.4, 0.5) is 0 Å². The van der Waals surface area contributed by atoms with Gasteiger partial charge in [-0.05, 0) is 30.3 Å². The molecule has 0 bridgehead atoms. The number of methoxy groups -OCH3 is 1.